The van der Waals surface area contributed by atoms with Crippen LogP contribution in [0.1, 0.15) is 12.5 Å². The highest BCUT2D eigenvalue weighted by Crippen LogP contribution is 2.34. The zero-order chi connectivity index (χ0) is 20.7. The number of nitrogens with zero attached hydrogens (tertiary/aromatic N) is 2. The van der Waals surface area contributed by atoms with Crippen LogP contribution < -0.4 is 14.8 Å². The van der Waals surface area contributed by atoms with Crippen LogP contribution in [0.2, 0.25) is 0 Å². The van der Waals surface area contributed by atoms with Gasteiger partial charge in [-0.3, -0.25) is 14.9 Å². The first-order chi connectivity index (χ1) is 13.4. The van der Waals surface area contributed by atoms with Crippen molar-refractivity contribution in [2.24, 2.45) is 0 Å². The Kier molecular flexibility index (Phi) is 7.34. The Balaban J connectivity index is 2.29. The molecule has 1 N–H and O–H groups in total. The Morgan fingerprint density at radius 1 is 1.36 bits per heavy atom. The summed E-state index contributed by atoms with van der Waals surface area (Å²) in [7, 11) is 1.34. The molecule has 0 aliphatic rings. The Morgan fingerprint density at radius 3 is 2.57 bits per heavy atom. The van der Waals surface area contributed by atoms with Gasteiger partial charge in [-0.15, -0.1) is 0 Å². The highest BCUT2D eigenvalue weighted by Gasteiger charge is 2.20. The Hall–Kier alpha value is -3.13. The number of carbonyl (C=O) groups excluding carboxylic acids is 1. The predicted octanol–water partition coefficient (Wildman–Crippen LogP) is 4.15. The number of halogens is 1. The van der Waals surface area contributed by atoms with E-state index in [0.717, 1.165) is 0 Å². The van der Waals surface area contributed by atoms with Gasteiger partial charge >= 0.3 is 5.69 Å². The lowest BCUT2D eigenvalue weighted by Crippen LogP contribution is -2.13. The molecule has 0 aromatic heterocycles. The molecule has 0 aliphatic carbocycles. The van der Waals surface area contributed by atoms with E-state index in [2.05, 4.69) is 5.32 Å². The van der Waals surface area contributed by atoms with Gasteiger partial charge in [0, 0.05) is 11.8 Å². The third-order valence-electron chi connectivity index (χ3n) is 3.55. The lowest BCUT2D eigenvalue weighted by atomic mass is 10.1. The maximum atomic E-state index is 12.4. The highest BCUT2D eigenvalue weighted by molar-refractivity contribution is 14.1. The SMILES string of the molecule is CCOc1ccc(NC(=O)/C(C#N)=C/c2cc(I)c(OC)c([N+](=O)[O-])c2)cc1. The number of anilines is 1. The Labute approximate surface area is 175 Å². The maximum absolute atomic E-state index is 12.4. The monoisotopic (exact) mass is 493 g/mol. The van der Waals surface area contributed by atoms with Crippen LogP contribution >= 0.6 is 22.6 Å². The smallest absolute Gasteiger partial charge is 0.312 e. The zero-order valence-electron chi connectivity index (χ0n) is 15.1. The molecule has 2 aromatic carbocycles. The third-order valence-corrected chi connectivity index (χ3v) is 4.35. The lowest BCUT2D eigenvalue weighted by molar-refractivity contribution is -0.385. The molecule has 0 spiro atoms. The van der Waals surface area contributed by atoms with E-state index in [1.54, 1.807) is 30.3 Å². The maximum Gasteiger partial charge on any atom is 0.312 e. The van der Waals surface area contributed by atoms with Crippen molar-refractivity contribution in [3.63, 3.8) is 0 Å². The number of benzene rings is 2. The van der Waals surface area contributed by atoms with Crippen molar-refractivity contribution in [3.05, 3.63) is 61.2 Å². The molecule has 0 aliphatic heterocycles. The Morgan fingerprint density at radius 2 is 2.04 bits per heavy atom. The van der Waals surface area contributed by atoms with Crippen molar-refractivity contribution < 1.29 is 19.2 Å². The first-order valence-corrected chi connectivity index (χ1v) is 9.15. The van der Waals surface area contributed by atoms with E-state index in [0.29, 0.717) is 27.2 Å². The fourth-order valence-corrected chi connectivity index (χ4v) is 3.19. The Bertz CT molecular complexity index is 965. The normalized spacial score (nSPS) is 10.7. The second-order valence-electron chi connectivity index (χ2n) is 5.39. The molecule has 0 saturated carbocycles. The van der Waals surface area contributed by atoms with Gasteiger partial charge in [-0.2, -0.15) is 5.26 Å². The molecule has 2 aromatic rings. The minimum absolute atomic E-state index is 0.125. The number of hydrogen-bond acceptors (Lipinski definition) is 6. The van der Waals surface area contributed by atoms with Crippen LogP contribution in [-0.2, 0) is 4.79 Å². The van der Waals surface area contributed by atoms with Crippen LogP contribution in [0.5, 0.6) is 11.5 Å². The van der Waals surface area contributed by atoms with Gasteiger partial charge in [-0.25, -0.2) is 0 Å². The summed E-state index contributed by atoms with van der Waals surface area (Å²) in [4.78, 5) is 23.0. The van der Waals surface area contributed by atoms with E-state index in [4.69, 9.17) is 9.47 Å². The summed E-state index contributed by atoms with van der Waals surface area (Å²) in [6, 6.07) is 11.4. The summed E-state index contributed by atoms with van der Waals surface area (Å²) in [6.45, 7) is 2.39. The molecule has 0 atom stereocenters. The standard InChI is InChI=1S/C19H16IN3O5/c1-3-28-15-6-4-14(5-7-15)22-19(24)13(11-21)8-12-9-16(20)18(27-2)17(10-12)23(25)26/h4-10H,3H2,1-2H3,(H,22,24)/b13-8+. The summed E-state index contributed by atoms with van der Waals surface area (Å²) in [5, 5.41) is 23.2. The van der Waals surface area contributed by atoms with Gasteiger partial charge in [0.25, 0.3) is 5.91 Å². The predicted molar refractivity (Wildman–Crippen MR) is 112 cm³/mol. The number of methoxy groups -OCH3 is 1. The van der Waals surface area contributed by atoms with Crippen molar-refractivity contribution in [1.82, 2.24) is 0 Å². The summed E-state index contributed by atoms with van der Waals surface area (Å²) in [5.41, 5.74) is 0.397. The van der Waals surface area contributed by atoms with Crippen molar-refractivity contribution in [1.29, 1.82) is 5.26 Å². The molecule has 0 radical (unpaired) electrons. The molecule has 28 heavy (non-hydrogen) atoms. The summed E-state index contributed by atoms with van der Waals surface area (Å²) in [5.74, 6) is 0.164. The number of amides is 1. The molecule has 0 bridgehead atoms. The molecule has 8 nitrogen and oxygen atoms in total. The van der Waals surface area contributed by atoms with Crippen molar-refractivity contribution in [2.75, 3.05) is 19.0 Å². The average molecular weight is 493 g/mol. The van der Waals surface area contributed by atoms with Gasteiger partial charge in [0.05, 0.1) is 22.2 Å². The number of nitro benzene ring substituents is 1. The van der Waals surface area contributed by atoms with Crippen LogP contribution in [-0.4, -0.2) is 24.5 Å². The molecule has 9 heteroatoms. The van der Waals surface area contributed by atoms with Crippen LogP contribution in [0.15, 0.2) is 42.0 Å². The van der Waals surface area contributed by atoms with Crippen molar-refractivity contribution in [3.8, 4) is 17.6 Å². The molecule has 0 unspecified atom stereocenters. The van der Waals surface area contributed by atoms with E-state index in [1.807, 2.05) is 35.6 Å². The number of hydrogen-bond donors (Lipinski definition) is 1. The molecular weight excluding hydrogens is 477 g/mol. The highest BCUT2D eigenvalue weighted by atomic mass is 127. The van der Waals surface area contributed by atoms with Crippen LogP contribution in [0.25, 0.3) is 6.08 Å². The van der Waals surface area contributed by atoms with Gasteiger partial charge in [-0.1, -0.05) is 0 Å². The summed E-state index contributed by atoms with van der Waals surface area (Å²) >= 11 is 1.90. The molecule has 144 valence electrons. The minimum atomic E-state index is -0.625. The van der Waals surface area contributed by atoms with E-state index in [1.165, 1.54) is 19.3 Å². The molecular formula is C19H16IN3O5. The quantitative estimate of drug-likeness (QED) is 0.204. The number of carbonyl (C=O) groups is 1. The van der Waals surface area contributed by atoms with Gasteiger partial charge in [0.15, 0.2) is 0 Å². The first-order valence-electron chi connectivity index (χ1n) is 8.07. The fourth-order valence-electron chi connectivity index (χ4n) is 2.34. The molecule has 0 heterocycles. The fraction of sp³-hybridized carbons (Fsp3) is 0.158. The second kappa shape index (κ2) is 9.70. The van der Waals surface area contributed by atoms with Crippen LogP contribution in [0.3, 0.4) is 0 Å². The van der Waals surface area contributed by atoms with Gasteiger partial charge in [-0.05, 0) is 71.5 Å². The van der Waals surface area contributed by atoms with Gasteiger partial charge in [0.2, 0.25) is 5.75 Å². The number of nitrogens with one attached hydrogen (secondary N) is 1. The van der Waals surface area contributed by atoms with Crippen molar-refractivity contribution >= 4 is 45.9 Å². The van der Waals surface area contributed by atoms with E-state index >= 15 is 0 Å². The van der Waals surface area contributed by atoms with Gasteiger partial charge < -0.3 is 14.8 Å². The van der Waals surface area contributed by atoms with Crippen LogP contribution in [0, 0.1) is 25.0 Å². The lowest BCUT2D eigenvalue weighted by Gasteiger charge is -2.08. The van der Waals surface area contributed by atoms with E-state index in [9.17, 15) is 20.2 Å². The number of nitriles is 1. The molecule has 2 rings (SSSR count). The second-order valence-corrected chi connectivity index (χ2v) is 6.56. The number of rotatable bonds is 7. The molecule has 0 saturated heterocycles. The third kappa shape index (κ3) is 5.20. The van der Waals surface area contributed by atoms with Gasteiger partial charge in [0.1, 0.15) is 17.4 Å². The first kappa shape index (κ1) is 21.2. The van der Waals surface area contributed by atoms with Crippen LogP contribution in [0.4, 0.5) is 11.4 Å². The zero-order valence-corrected chi connectivity index (χ0v) is 17.2. The molecule has 1 amide bonds. The summed E-state index contributed by atoms with van der Waals surface area (Å²) < 4.78 is 10.9. The summed E-state index contributed by atoms with van der Waals surface area (Å²) in [6.07, 6.45) is 1.29. The topological polar surface area (TPSA) is 114 Å². The van der Waals surface area contributed by atoms with E-state index in [-0.39, 0.29) is 17.0 Å². The minimum Gasteiger partial charge on any atom is -0.494 e. The van der Waals surface area contributed by atoms with Crippen molar-refractivity contribution in [2.45, 2.75) is 6.92 Å². The number of nitro groups is 1. The molecule has 0 fully saturated rings. The number of ether oxygens (including phenoxy) is 2. The van der Waals surface area contributed by atoms with E-state index < -0.39 is 10.8 Å². The largest absolute Gasteiger partial charge is 0.494 e. The average Bonchev–Trinajstić information content (AvgIpc) is 2.67.